The molecule has 2 aromatic rings. The number of ether oxygens (including phenoxy) is 2. The molecule has 0 aliphatic heterocycles. The van der Waals surface area contributed by atoms with Crippen molar-refractivity contribution in [2.75, 3.05) is 34.4 Å². The highest BCUT2D eigenvalue weighted by Gasteiger charge is 2.19. The highest BCUT2D eigenvalue weighted by molar-refractivity contribution is 6.30. The van der Waals surface area contributed by atoms with E-state index in [0.29, 0.717) is 17.3 Å². The monoisotopic (exact) mass is 362 g/mol. The number of likely N-dealkylation sites (N-methyl/N-ethyl adjacent to an activating group) is 1. The van der Waals surface area contributed by atoms with E-state index >= 15 is 0 Å². The molecule has 2 rings (SSSR count). The van der Waals surface area contributed by atoms with Crippen molar-refractivity contribution in [3.63, 3.8) is 0 Å². The Morgan fingerprint density at radius 3 is 2.48 bits per heavy atom. The fourth-order valence-electron chi connectivity index (χ4n) is 2.45. The van der Waals surface area contributed by atoms with E-state index in [-0.39, 0.29) is 18.6 Å². The van der Waals surface area contributed by atoms with Crippen LogP contribution in [-0.2, 0) is 4.79 Å². The first kappa shape index (κ1) is 19.1. The SMILES string of the molecule is COc1ccccc1[C@@H](CNC(=O)COc1ccc(Cl)cc1)N(C)C. The Hall–Kier alpha value is -2.24. The maximum Gasteiger partial charge on any atom is 0.258 e. The third kappa shape index (κ3) is 5.66. The van der Waals surface area contributed by atoms with E-state index in [1.807, 2.05) is 43.3 Å². The van der Waals surface area contributed by atoms with Crippen LogP contribution in [0, 0.1) is 0 Å². The third-order valence-corrected chi connectivity index (χ3v) is 4.05. The molecular weight excluding hydrogens is 340 g/mol. The standard InChI is InChI=1S/C19H23ClN2O3/c1-22(2)17(16-6-4-5-7-18(16)24-3)12-21-19(23)13-25-15-10-8-14(20)9-11-15/h4-11,17H,12-13H2,1-3H3,(H,21,23)/t17-/m1/s1. The molecule has 0 aromatic heterocycles. The number of methoxy groups -OCH3 is 1. The van der Waals surface area contributed by atoms with E-state index in [2.05, 4.69) is 5.32 Å². The van der Waals surface area contributed by atoms with Crippen molar-refractivity contribution >= 4 is 17.5 Å². The van der Waals surface area contributed by atoms with Gasteiger partial charge in [0.15, 0.2) is 6.61 Å². The smallest absolute Gasteiger partial charge is 0.258 e. The summed E-state index contributed by atoms with van der Waals surface area (Å²) in [7, 11) is 5.57. The average Bonchev–Trinajstić information content (AvgIpc) is 2.61. The van der Waals surface area contributed by atoms with Crippen molar-refractivity contribution in [3.8, 4) is 11.5 Å². The van der Waals surface area contributed by atoms with Crippen molar-refractivity contribution in [2.24, 2.45) is 0 Å². The summed E-state index contributed by atoms with van der Waals surface area (Å²) in [5.41, 5.74) is 1.02. The van der Waals surface area contributed by atoms with Gasteiger partial charge in [0.1, 0.15) is 11.5 Å². The van der Waals surface area contributed by atoms with Gasteiger partial charge in [-0.25, -0.2) is 0 Å². The number of carbonyl (C=O) groups is 1. The summed E-state index contributed by atoms with van der Waals surface area (Å²) in [5.74, 6) is 1.22. The van der Waals surface area contributed by atoms with Crippen LogP contribution < -0.4 is 14.8 Å². The highest BCUT2D eigenvalue weighted by Crippen LogP contribution is 2.27. The summed E-state index contributed by atoms with van der Waals surface area (Å²) in [5, 5.41) is 3.54. The molecule has 0 spiro atoms. The van der Waals surface area contributed by atoms with Crippen LogP contribution in [0.1, 0.15) is 11.6 Å². The molecule has 25 heavy (non-hydrogen) atoms. The minimum Gasteiger partial charge on any atom is -0.496 e. The lowest BCUT2D eigenvalue weighted by Crippen LogP contribution is -2.37. The Kier molecular flexibility index (Phi) is 7.10. The summed E-state index contributed by atoms with van der Waals surface area (Å²) in [4.78, 5) is 14.1. The number of rotatable bonds is 8. The zero-order valence-electron chi connectivity index (χ0n) is 14.7. The average molecular weight is 363 g/mol. The predicted octanol–water partition coefficient (Wildman–Crippen LogP) is 3.15. The molecule has 0 bridgehead atoms. The number of nitrogens with zero attached hydrogens (tertiary/aromatic N) is 1. The molecule has 0 aliphatic carbocycles. The van der Waals surface area contributed by atoms with Crippen molar-refractivity contribution < 1.29 is 14.3 Å². The van der Waals surface area contributed by atoms with Gasteiger partial charge in [0.05, 0.1) is 13.2 Å². The number of halogens is 1. The first-order valence-electron chi connectivity index (χ1n) is 7.95. The molecule has 0 saturated heterocycles. The summed E-state index contributed by atoms with van der Waals surface area (Å²) >= 11 is 5.82. The molecule has 0 radical (unpaired) electrons. The number of para-hydroxylation sites is 1. The molecular formula is C19H23ClN2O3. The molecule has 1 atom stereocenters. The van der Waals surface area contributed by atoms with Crippen LogP contribution in [0.3, 0.4) is 0 Å². The maximum absolute atomic E-state index is 12.1. The minimum atomic E-state index is -0.184. The third-order valence-electron chi connectivity index (χ3n) is 3.80. The van der Waals surface area contributed by atoms with Gasteiger partial charge in [-0.3, -0.25) is 4.79 Å². The molecule has 6 heteroatoms. The molecule has 0 fully saturated rings. The minimum absolute atomic E-state index is 0.00404. The van der Waals surface area contributed by atoms with Gasteiger partial charge in [0.25, 0.3) is 5.91 Å². The summed E-state index contributed by atoms with van der Waals surface area (Å²) < 4.78 is 10.9. The van der Waals surface area contributed by atoms with Crippen LogP contribution in [0.15, 0.2) is 48.5 Å². The number of hydrogen-bond acceptors (Lipinski definition) is 4. The molecule has 0 saturated carbocycles. The molecule has 1 N–H and O–H groups in total. The summed E-state index contributed by atoms with van der Waals surface area (Å²) in [6.07, 6.45) is 0. The van der Waals surface area contributed by atoms with E-state index in [1.165, 1.54) is 0 Å². The topological polar surface area (TPSA) is 50.8 Å². The van der Waals surface area contributed by atoms with Gasteiger partial charge in [0.2, 0.25) is 0 Å². The summed E-state index contributed by atoms with van der Waals surface area (Å²) in [6.45, 7) is 0.407. The Balaban J connectivity index is 1.92. The second kappa shape index (κ2) is 9.30. The van der Waals surface area contributed by atoms with Gasteiger partial charge in [-0.05, 0) is 44.4 Å². The largest absolute Gasteiger partial charge is 0.496 e. The zero-order chi connectivity index (χ0) is 18.2. The first-order valence-corrected chi connectivity index (χ1v) is 8.33. The van der Waals surface area contributed by atoms with Gasteiger partial charge in [-0.1, -0.05) is 29.8 Å². The zero-order valence-corrected chi connectivity index (χ0v) is 15.4. The van der Waals surface area contributed by atoms with Crippen molar-refractivity contribution in [1.29, 1.82) is 0 Å². The van der Waals surface area contributed by atoms with Crippen LogP contribution >= 0.6 is 11.6 Å². The van der Waals surface area contributed by atoms with E-state index in [1.54, 1.807) is 31.4 Å². The second-order valence-corrected chi connectivity index (χ2v) is 6.20. The van der Waals surface area contributed by atoms with Crippen LogP contribution in [0.5, 0.6) is 11.5 Å². The van der Waals surface area contributed by atoms with Gasteiger partial charge < -0.3 is 19.7 Å². The lowest BCUT2D eigenvalue weighted by Gasteiger charge is -2.26. The molecule has 0 unspecified atom stereocenters. The fraction of sp³-hybridized carbons (Fsp3) is 0.316. The Bertz CT molecular complexity index is 689. The number of benzene rings is 2. The lowest BCUT2D eigenvalue weighted by molar-refractivity contribution is -0.123. The van der Waals surface area contributed by atoms with Crippen LogP contribution in [0.25, 0.3) is 0 Å². The maximum atomic E-state index is 12.1. The number of amides is 1. The highest BCUT2D eigenvalue weighted by atomic mass is 35.5. The van der Waals surface area contributed by atoms with E-state index in [0.717, 1.165) is 11.3 Å². The van der Waals surface area contributed by atoms with E-state index in [4.69, 9.17) is 21.1 Å². The van der Waals surface area contributed by atoms with E-state index in [9.17, 15) is 4.79 Å². The Morgan fingerprint density at radius 2 is 1.84 bits per heavy atom. The van der Waals surface area contributed by atoms with Crippen molar-refractivity contribution in [3.05, 3.63) is 59.1 Å². The van der Waals surface area contributed by atoms with Crippen LogP contribution in [0.2, 0.25) is 5.02 Å². The van der Waals surface area contributed by atoms with Crippen LogP contribution in [-0.4, -0.2) is 45.2 Å². The van der Waals surface area contributed by atoms with Gasteiger partial charge >= 0.3 is 0 Å². The first-order chi connectivity index (χ1) is 12.0. The predicted molar refractivity (Wildman–Crippen MR) is 99.4 cm³/mol. The molecule has 2 aromatic carbocycles. The number of carbonyl (C=O) groups excluding carboxylic acids is 1. The lowest BCUT2D eigenvalue weighted by atomic mass is 10.0. The summed E-state index contributed by atoms with van der Waals surface area (Å²) in [6, 6.07) is 14.7. The van der Waals surface area contributed by atoms with Crippen molar-refractivity contribution in [1.82, 2.24) is 10.2 Å². The normalized spacial score (nSPS) is 11.9. The number of hydrogen-bond donors (Lipinski definition) is 1. The molecule has 1 amide bonds. The molecule has 5 nitrogen and oxygen atoms in total. The van der Waals surface area contributed by atoms with Crippen molar-refractivity contribution in [2.45, 2.75) is 6.04 Å². The van der Waals surface area contributed by atoms with Gasteiger partial charge in [-0.15, -0.1) is 0 Å². The second-order valence-electron chi connectivity index (χ2n) is 5.77. The Labute approximate surface area is 153 Å². The Morgan fingerprint density at radius 1 is 1.16 bits per heavy atom. The number of nitrogens with one attached hydrogen (secondary N) is 1. The quantitative estimate of drug-likeness (QED) is 0.783. The molecule has 0 aliphatic rings. The van der Waals surface area contributed by atoms with Crippen LogP contribution in [0.4, 0.5) is 0 Å². The molecule has 134 valence electrons. The fourth-order valence-corrected chi connectivity index (χ4v) is 2.58. The van der Waals surface area contributed by atoms with Gasteiger partial charge in [-0.2, -0.15) is 0 Å². The van der Waals surface area contributed by atoms with Gasteiger partial charge in [0, 0.05) is 17.1 Å². The van der Waals surface area contributed by atoms with E-state index < -0.39 is 0 Å². The molecule has 0 heterocycles.